The van der Waals surface area contributed by atoms with Crippen molar-refractivity contribution in [2.75, 3.05) is 21.3 Å². The number of hydrogen-bond donors (Lipinski definition) is 0. The summed E-state index contributed by atoms with van der Waals surface area (Å²) in [6, 6.07) is 4.80. The summed E-state index contributed by atoms with van der Waals surface area (Å²) in [5.74, 6) is 0. The van der Waals surface area contributed by atoms with Crippen molar-refractivity contribution in [2.45, 2.75) is 19.5 Å². The molecule has 86 valence electrons. The van der Waals surface area contributed by atoms with Gasteiger partial charge in [-0.1, -0.05) is 0 Å². The van der Waals surface area contributed by atoms with Crippen LogP contribution in [0.5, 0.6) is 0 Å². The smallest absolute Gasteiger partial charge is 0.377 e. The lowest BCUT2D eigenvalue weighted by molar-refractivity contribution is 0.122. The van der Waals surface area contributed by atoms with Gasteiger partial charge in [0.1, 0.15) is 0 Å². The molecule has 0 aliphatic carbocycles. The second-order valence-electron chi connectivity index (χ2n) is 3.26. The highest BCUT2D eigenvalue weighted by atomic mass is 28.4. The van der Waals surface area contributed by atoms with E-state index in [1.807, 2.05) is 6.07 Å². The van der Waals surface area contributed by atoms with Crippen molar-refractivity contribution in [3.05, 3.63) is 24.0 Å². The third-order valence-electron chi connectivity index (χ3n) is 2.59. The molecule has 4 nitrogen and oxygen atoms in total. The molecule has 1 aromatic heterocycles. The largest absolute Gasteiger partial charge is 0.506 e. The normalized spacial score (nSPS) is 12.0. The van der Waals surface area contributed by atoms with Gasteiger partial charge in [0.2, 0.25) is 0 Å². The first-order chi connectivity index (χ1) is 7.21. The lowest BCUT2D eigenvalue weighted by Crippen LogP contribution is -2.46. The van der Waals surface area contributed by atoms with Crippen LogP contribution in [-0.2, 0) is 25.9 Å². The van der Waals surface area contributed by atoms with Crippen molar-refractivity contribution >= 4 is 8.80 Å². The summed E-state index contributed by atoms with van der Waals surface area (Å²) in [5, 5.41) is 0. The summed E-state index contributed by atoms with van der Waals surface area (Å²) in [7, 11) is 2.42. The molecule has 0 atom stereocenters. The molecule has 0 unspecified atom stereocenters. The van der Waals surface area contributed by atoms with Crippen LogP contribution in [0.3, 0.4) is 0 Å². The van der Waals surface area contributed by atoms with Gasteiger partial charge in [-0.3, -0.25) is 0 Å². The molecule has 1 rings (SSSR count). The molecule has 0 aromatic carbocycles. The van der Waals surface area contributed by atoms with Crippen molar-refractivity contribution in [3.63, 3.8) is 0 Å². The van der Waals surface area contributed by atoms with Gasteiger partial charge in [-0.15, -0.1) is 0 Å². The number of hydrogen-bond acceptors (Lipinski definition) is 3. The molecule has 5 heteroatoms. The molecule has 0 amide bonds. The zero-order valence-corrected chi connectivity index (χ0v) is 10.8. The van der Waals surface area contributed by atoms with Gasteiger partial charge in [0.05, 0.1) is 6.04 Å². The van der Waals surface area contributed by atoms with Gasteiger partial charge < -0.3 is 17.8 Å². The van der Waals surface area contributed by atoms with Crippen LogP contribution in [0.1, 0.15) is 12.6 Å². The van der Waals surface area contributed by atoms with E-state index in [-0.39, 0.29) is 0 Å². The average molecular weight is 229 g/mol. The highest BCUT2D eigenvalue weighted by molar-refractivity contribution is 6.59. The molecule has 0 radical (unpaired) electrons. The van der Waals surface area contributed by atoms with Crippen LogP contribution >= 0.6 is 0 Å². The second-order valence-corrected chi connectivity index (χ2v) is 6.20. The fraction of sp³-hybridized carbons (Fsp3) is 0.600. The summed E-state index contributed by atoms with van der Waals surface area (Å²) in [6.07, 6.45) is 2.05. The molecule has 1 aromatic rings. The molecule has 1 heterocycles. The van der Waals surface area contributed by atoms with E-state index in [0.29, 0.717) is 6.04 Å². The lowest BCUT2D eigenvalue weighted by atomic mass is 10.5. The van der Waals surface area contributed by atoms with Crippen LogP contribution in [0.15, 0.2) is 18.3 Å². The lowest BCUT2D eigenvalue weighted by Gasteiger charge is -2.24. The number of aryl methyl sites for hydroxylation is 1. The molecular weight excluding hydrogens is 210 g/mol. The third-order valence-corrected chi connectivity index (χ3v) is 5.26. The predicted octanol–water partition coefficient (Wildman–Crippen LogP) is 1.47. The Morgan fingerprint density at radius 3 is 2.27 bits per heavy atom. The summed E-state index contributed by atoms with van der Waals surface area (Å²) < 4.78 is 18.3. The maximum atomic E-state index is 5.39. The van der Waals surface area contributed by atoms with Crippen LogP contribution in [0.2, 0.25) is 0 Å². The van der Waals surface area contributed by atoms with E-state index in [0.717, 1.165) is 6.54 Å². The summed E-state index contributed by atoms with van der Waals surface area (Å²) >= 11 is 0. The number of aromatic nitrogens is 1. The minimum absolute atomic E-state index is 0.706. The molecule has 0 saturated heterocycles. The van der Waals surface area contributed by atoms with Crippen molar-refractivity contribution in [3.8, 4) is 0 Å². The van der Waals surface area contributed by atoms with E-state index in [4.69, 9.17) is 13.3 Å². The monoisotopic (exact) mass is 229 g/mol. The van der Waals surface area contributed by atoms with Crippen molar-refractivity contribution < 1.29 is 13.3 Å². The standard InChI is InChI=1S/C10H19NO3Si/c1-5-11-8-6-7-10(11)9-15(12-2,13-3)14-4/h6-8H,5,9H2,1-4H3. The van der Waals surface area contributed by atoms with Gasteiger partial charge >= 0.3 is 8.80 Å². The zero-order valence-electron chi connectivity index (χ0n) is 9.82. The maximum Gasteiger partial charge on any atom is 0.506 e. The Morgan fingerprint density at radius 1 is 1.20 bits per heavy atom. The Balaban J connectivity index is 2.82. The Hall–Kier alpha value is -0.623. The van der Waals surface area contributed by atoms with E-state index >= 15 is 0 Å². The van der Waals surface area contributed by atoms with Crippen LogP contribution in [0, 0.1) is 0 Å². The van der Waals surface area contributed by atoms with Crippen LogP contribution in [0.4, 0.5) is 0 Å². The molecule has 0 N–H and O–H groups in total. The highest BCUT2D eigenvalue weighted by Crippen LogP contribution is 2.15. The van der Waals surface area contributed by atoms with Crippen LogP contribution in [-0.4, -0.2) is 34.7 Å². The maximum absolute atomic E-state index is 5.39. The second kappa shape index (κ2) is 5.46. The van der Waals surface area contributed by atoms with Gasteiger partial charge in [0, 0.05) is 39.8 Å². The minimum atomic E-state index is -2.49. The predicted molar refractivity (Wildman–Crippen MR) is 60.6 cm³/mol. The molecule has 0 aliphatic heterocycles. The van der Waals surface area contributed by atoms with Crippen molar-refractivity contribution in [1.82, 2.24) is 4.57 Å². The van der Waals surface area contributed by atoms with Gasteiger partial charge in [-0.25, -0.2) is 0 Å². The zero-order chi connectivity index (χ0) is 11.3. The Bertz CT molecular complexity index is 288. The first-order valence-electron chi connectivity index (χ1n) is 5.00. The third kappa shape index (κ3) is 2.69. The quantitative estimate of drug-likeness (QED) is 0.692. The molecular formula is C10H19NO3Si. The minimum Gasteiger partial charge on any atom is -0.377 e. The molecule has 0 aliphatic rings. The topological polar surface area (TPSA) is 32.6 Å². The van der Waals surface area contributed by atoms with Gasteiger partial charge in [-0.2, -0.15) is 0 Å². The SMILES string of the molecule is CCn1cccc1C[Si](OC)(OC)OC. The fourth-order valence-corrected chi connectivity index (χ4v) is 3.30. The summed E-state index contributed by atoms with van der Waals surface area (Å²) in [4.78, 5) is 0. The van der Waals surface area contributed by atoms with Crippen molar-refractivity contribution in [1.29, 1.82) is 0 Å². The van der Waals surface area contributed by atoms with E-state index in [2.05, 4.69) is 23.8 Å². The Kier molecular flexibility index (Phi) is 4.53. The summed E-state index contributed by atoms with van der Waals surface area (Å²) in [6.45, 7) is 3.06. The average Bonchev–Trinajstić information content (AvgIpc) is 2.73. The van der Waals surface area contributed by atoms with Gasteiger partial charge in [0.25, 0.3) is 0 Å². The molecule has 0 spiro atoms. The first-order valence-corrected chi connectivity index (χ1v) is 6.94. The number of nitrogens with zero attached hydrogens (tertiary/aromatic N) is 1. The van der Waals surface area contributed by atoms with Crippen molar-refractivity contribution in [2.24, 2.45) is 0 Å². The molecule has 15 heavy (non-hydrogen) atoms. The molecule has 0 saturated carbocycles. The highest BCUT2D eigenvalue weighted by Gasteiger charge is 2.38. The van der Waals surface area contributed by atoms with Crippen LogP contribution < -0.4 is 0 Å². The Labute approximate surface area is 92.1 Å². The Morgan fingerprint density at radius 2 is 1.80 bits per heavy atom. The van der Waals surface area contributed by atoms with Gasteiger partial charge in [0.15, 0.2) is 0 Å². The van der Waals surface area contributed by atoms with Gasteiger partial charge in [-0.05, 0) is 19.1 Å². The number of rotatable bonds is 6. The fourth-order valence-electron chi connectivity index (χ4n) is 1.61. The van der Waals surface area contributed by atoms with Crippen LogP contribution in [0.25, 0.3) is 0 Å². The first kappa shape index (κ1) is 12.4. The van der Waals surface area contributed by atoms with E-state index in [9.17, 15) is 0 Å². The van der Waals surface area contributed by atoms with E-state index < -0.39 is 8.80 Å². The summed E-state index contributed by atoms with van der Waals surface area (Å²) in [5.41, 5.74) is 1.19. The van der Waals surface area contributed by atoms with E-state index in [1.165, 1.54) is 5.69 Å². The molecule has 0 fully saturated rings. The van der Waals surface area contributed by atoms with E-state index in [1.54, 1.807) is 21.3 Å². The molecule has 0 bridgehead atoms.